The third-order valence-electron chi connectivity index (χ3n) is 2.50. The van der Waals surface area contributed by atoms with Crippen molar-refractivity contribution in [3.05, 3.63) is 16.8 Å². The SMILES string of the molecule is CCc1cc2c(NCCOC)nc(C)nc2s1. The number of aryl methyl sites for hydroxylation is 2. The topological polar surface area (TPSA) is 47.0 Å². The van der Waals surface area contributed by atoms with E-state index in [1.807, 2.05) is 6.92 Å². The van der Waals surface area contributed by atoms with Crippen LogP contribution in [0.25, 0.3) is 10.2 Å². The van der Waals surface area contributed by atoms with Gasteiger partial charge >= 0.3 is 0 Å². The monoisotopic (exact) mass is 251 g/mol. The summed E-state index contributed by atoms with van der Waals surface area (Å²) >= 11 is 1.74. The van der Waals surface area contributed by atoms with Crippen LogP contribution in [0.2, 0.25) is 0 Å². The van der Waals surface area contributed by atoms with Crippen molar-refractivity contribution in [1.82, 2.24) is 9.97 Å². The molecule has 2 aromatic heterocycles. The lowest BCUT2D eigenvalue weighted by atomic mass is 10.3. The molecule has 4 nitrogen and oxygen atoms in total. The van der Waals surface area contributed by atoms with Gasteiger partial charge in [0.15, 0.2) is 0 Å². The molecule has 2 aromatic rings. The van der Waals surface area contributed by atoms with Gasteiger partial charge in [-0.05, 0) is 19.4 Å². The Balaban J connectivity index is 2.34. The quantitative estimate of drug-likeness (QED) is 0.830. The van der Waals surface area contributed by atoms with E-state index >= 15 is 0 Å². The van der Waals surface area contributed by atoms with Crippen molar-refractivity contribution in [2.24, 2.45) is 0 Å². The number of hydrogen-bond donors (Lipinski definition) is 1. The average Bonchev–Trinajstić information content (AvgIpc) is 2.72. The average molecular weight is 251 g/mol. The van der Waals surface area contributed by atoms with Crippen LogP contribution in [0.1, 0.15) is 17.6 Å². The van der Waals surface area contributed by atoms with Crippen LogP contribution in [0.3, 0.4) is 0 Å². The molecular formula is C12H17N3OS. The van der Waals surface area contributed by atoms with Gasteiger partial charge in [0.2, 0.25) is 0 Å². The number of fused-ring (bicyclic) bond motifs is 1. The minimum absolute atomic E-state index is 0.676. The molecule has 2 heterocycles. The summed E-state index contributed by atoms with van der Waals surface area (Å²) in [5.41, 5.74) is 0. The van der Waals surface area contributed by atoms with Gasteiger partial charge in [-0.1, -0.05) is 6.92 Å². The van der Waals surface area contributed by atoms with Crippen LogP contribution in [0, 0.1) is 6.92 Å². The fourth-order valence-electron chi connectivity index (χ4n) is 1.66. The number of nitrogens with zero attached hydrogens (tertiary/aromatic N) is 2. The third kappa shape index (κ3) is 2.73. The van der Waals surface area contributed by atoms with Crippen LogP contribution in [-0.2, 0) is 11.2 Å². The molecule has 92 valence electrons. The predicted octanol–water partition coefficient (Wildman–Crippen LogP) is 2.62. The van der Waals surface area contributed by atoms with E-state index in [2.05, 4.69) is 28.3 Å². The van der Waals surface area contributed by atoms with E-state index in [-0.39, 0.29) is 0 Å². The van der Waals surface area contributed by atoms with Crippen LogP contribution >= 0.6 is 11.3 Å². The standard InChI is InChI=1S/C12H17N3OS/c1-4-9-7-10-11(13-5-6-16-3)14-8(2)15-12(10)17-9/h7H,4-6H2,1-3H3,(H,13,14,15). The van der Waals surface area contributed by atoms with Crippen LogP contribution in [0.4, 0.5) is 5.82 Å². The number of hydrogen-bond acceptors (Lipinski definition) is 5. The number of aromatic nitrogens is 2. The highest BCUT2D eigenvalue weighted by molar-refractivity contribution is 7.18. The Morgan fingerprint density at radius 1 is 1.41 bits per heavy atom. The molecule has 0 amide bonds. The molecule has 0 saturated carbocycles. The van der Waals surface area contributed by atoms with Crippen molar-refractivity contribution < 1.29 is 4.74 Å². The summed E-state index contributed by atoms with van der Waals surface area (Å²) in [6.07, 6.45) is 1.04. The summed E-state index contributed by atoms with van der Waals surface area (Å²) in [6, 6.07) is 2.18. The van der Waals surface area contributed by atoms with Gasteiger partial charge in [-0.3, -0.25) is 0 Å². The molecule has 0 aliphatic heterocycles. The lowest BCUT2D eigenvalue weighted by molar-refractivity contribution is 0.210. The van der Waals surface area contributed by atoms with E-state index in [4.69, 9.17) is 4.74 Å². The van der Waals surface area contributed by atoms with Crippen molar-refractivity contribution in [3.63, 3.8) is 0 Å². The van der Waals surface area contributed by atoms with Crippen molar-refractivity contribution >= 4 is 27.4 Å². The molecule has 0 aliphatic rings. The van der Waals surface area contributed by atoms with Crippen molar-refractivity contribution in [3.8, 4) is 0 Å². The zero-order chi connectivity index (χ0) is 12.3. The summed E-state index contributed by atoms with van der Waals surface area (Å²) in [6.45, 7) is 5.52. The molecule has 1 N–H and O–H groups in total. The molecule has 0 bridgehead atoms. The molecule has 0 saturated heterocycles. The van der Waals surface area contributed by atoms with Gasteiger partial charge in [0.05, 0.1) is 12.0 Å². The minimum Gasteiger partial charge on any atom is -0.383 e. The summed E-state index contributed by atoms with van der Waals surface area (Å²) < 4.78 is 5.03. The summed E-state index contributed by atoms with van der Waals surface area (Å²) in [4.78, 5) is 11.3. The van der Waals surface area contributed by atoms with Crippen molar-refractivity contribution in [2.45, 2.75) is 20.3 Å². The second kappa shape index (κ2) is 5.42. The fourth-order valence-corrected chi connectivity index (χ4v) is 2.67. The lowest BCUT2D eigenvalue weighted by Crippen LogP contribution is -2.09. The summed E-state index contributed by atoms with van der Waals surface area (Å²) in [7, 11) is 1.70. The Kier molecular flexibility index (Phi) is 3.91. The molecule has 0 radical (unpaired) electrons. The molecule has 5 heteroatoms. The number of nitrogens with one attached hydrogen (secondary N) is 1. The zero-order valence-corrected chi connectivity index (χ0v) is 11.2. The molecule has 17 heavy (non-hydrogen) atoms. The number of methoxy groups -OCH3 is 1. The van der Waals surface area contributed by atoms with E-state index in [0.717, 1.165) is 34.8 Å². The predicted molar refractivity (Wildman–Crippen MR) is 71.9 cm³/mol. The number of anilines is 1. The maximum Gasteiger partial charge on any atom is 0.138 e. The molecule has 0 fully saturated rings. The first-order valence-corrected chi connectivity index (χ1v) is 6.56. The molecule has 2 rings (SSSR count). The van der Waals surface area contributed by atoms with E-state index in [1.165, 1.54) is 4.88 Å². The van der Waals surface area contributed by atoms with Gasteiger partial charge in [0.1, 0.15) is 16.5 Å². The van der Waals surface area contributed by atoms with Crippen LogP contribution in [0.5, 0.6) is 0 Å². The molecule has 0 aliphatic carbocycles. The van der Waals surface area contributed by atoms with Crippen molar-refractivity contribution in [1.29, 1.82) is 0 Å². The van der Waals surface area contributed by atoms with Gasteiger partial charge in [0, 0.05) is 18.5 Å². The zero-order valence-electron chi connectivity index (χ0n) is 10.4. The first kappa shape index (κ1) is 12.3. The summed E-state index contributed by atoms with van der Waals surface area (Å²) in [5.74, 6) is 1.72. The second-order valence-electron chi connectivity index (χ2n) is 3.82. The van der Waals surface area contributed by atoms with Crippen LogP contribution in [-0.4, -0.2) is 30.2 Å². The Bertz CT molecular complexity index is 510. The second-order valence-corrected chi connectivity index (χ2v) is 4.94. The number of rotatable bonds is 5. The van der Waals surface area contributed by atoms with Crippen molar-refractivity contribution in [2.75, 3.05) is 25.6 Å². The Hall–Kier alpha value is -1.20. The highest BCUT2D eigenvalue weighted by atomic mass is 32.1. The first-order chi connectivity index (χ1) is 8.24. The van der Waals surface area contributed by atoms with Gasteiger partial charge in [0.25, 0.3) is 0 Å². The Morgan fingerprint density at radius 2 is 2.24 bits per heavy atom. The van der Waals surface area contributed by atoms with Gasteiger partial charge in [-0.15, -0.1) is 11.3 Å². The lowest BCUT2D eigenvalue weighted by Gasteiger charge is -2.06. The van der Waals surface area contributed by atoms with Crippen LogP contribution < -0.4 is 5.32 Å². The van der Waals surface area contributed by atoms with E-state index in [1.54, 1.807) is 18.4 Å². The molecule has 0 unspecified atom stereocenters. The summed E-state index contributed by atoms with van der Waals surface area (Å²) in [5, 5.41) is 4.42. The minimum atomic E-state index is 0.676. The maximum atomic E-state index is 5.03. The van der Waals surface area contributed by atoms with E-state index in [0.29, 0.717) is 6.61 Å². The highest BCUT2D eigenvalue weighted by Crippen LogP contribution is 2.29. The van der Waals surface area contributed by atoms with E-state index < -0.39 is 0 Å². The normalized spacial score (nSPS) is 11.0. The Morgan fingerprint density at radius 3 is 2.94 bits per heavy atom. The Labute approximate surface area is 105 Å². The molecule has 0 aromatic carbocycles. The largest absolute Gasteiger partial charge is 0.383 e. The molecule has 0 spiro atoms. The third-order valence-corrected chi connectivity index (χ3v) is 3.68. The molecule has 0 atom stereocenters. The highest BCUT2D eigenvalue weighted by Gasteiger charge is 2.09. The fraction of sp³-hybridized carbons (Fsp3) is 0.500. The molecular weight excluding hydrogens is 234 g/mol. The maximum absolute atomic E-state index is 5.03. The smallest absolute Gasteiger partial charge is 0.138 e. The number of thiophene rings is 1. The number of ether oxygens (including phenoxy) is 1. The van der Waals surface area contributed by atoms with Gasteiger partial charge in [-0.25, -0.2) is 9.97 Å². The van der Waals surface area contributed by atoms with E-state index in [9.17, 15) is 0 Å². The van der Waals surface area contributed by atoms with Gasteiger partial charge in [-0.2, -0.15) is 0 Å². The first-order valence-electron chi connectivity index (χ1n) is 5.74. The van der Waals surface area contributed by atoms with Gasteiger partial charge < -0.3 is 10.1 Å². The van der Waals surface area contributed by atoms with Crippen LogP contribution in [0.15, 0.2) is 6.07 Å².